The Kier molecular flexibility index (Phi) is 6.96. The molecule has 4 aliphatic rings. The zero-order chi connectivity index (χ0) is 33.5. The zero-order valence-electron chi connectivity index (χ0n) is 26.5. The molecule has 0 bridgehead atoms. The van der Waals surface area contributed by atoms with Crippen LogP contribution in [0.15, 0.2) is 64.7 Å². The van der Waals surface area contributed by atoms with Gasteiger partial charge in [0.25, 0.3) is 5.88 Å². The van der Waals surface area contributed by atoms with E-state index in [0.717, 1.165) is 16.5 Å². The number of Topliss-reactive ketones (excluding diaryl/α,β-unsaturated/α-hetero) is 2. The summed E-state index contributed by atoms with van der Waals surface area (Å²) in [5, 5.41) is 50.1. The second kappa shape index (κ2) is 11.0. The fraction of sp³-hybridized carbons (Fsp3) is 0.351. The lowest BCUT2D eigenvalue weighted by molar-refractivity contribution is -0.142. The van der Waals surface area contributed by atoms with Crippen LogP contribution < -0.4 is 4.74 Å². The first-order chi connectivity index (χ1) is 23.1. The molecule has 48 heavy (non-hydrogen) atoms. The molecule has 1 saturated carbocycles. The highest BCUT2D eigenvalue weighted by molar-refractivity contribution is 6.26. The summed E-state index contributed by atoms with van der Waals surface area (Å²) in [5.74, 6) is -3.61. The fourth-order valence-corrected chi connectivity index (χ4v) is 8.20. The number of aromatic hydroxyl groups is 1. The Balaban J connectivity index is 1.18. The second-order valence-electron chi connectivity index (χ2n) is 13.7. The minimum atomic E-state index is -2.52. The van der Waals surface area contributed by atoms with Crippen LogP contribution in [0.2, 0.25) is 0 Å². The van der Waals surface area contributed by atoms with Crippen LogP contribution in [0.3, 0.4) is 0 Å². The van der Waals surface area contributed by atoms with Crippen molar-refractivity contribution in [1.82, 2.24) is 15.0 Å². The molecule has 0 amide bonds. The van der Waals surface area contributed by atoms with Gasteiger partial charge in [-0.2, -0.15) is 5.26 Å². The summed E-state index contributed by atoms with van der Waals surface area (Å²) in [6, 6.07) is 18.6. The van der Waals surface area contributed by atoms with Crippen molar-refractivity contribution in [1.29, 1.82) is 5.26 Å². The van der Waals surface area contributed by atoms with Gasteiger partial charge < -0.3 is 24.6 Å². The highest BCUT2D eigenvalue weighted by atomic mass is 16.5. The molecule has 0 radical (unpaired) electrons. The molecule has 1 aromatic heterocycles. The molecule has 3 aliphatic carbocycles. The number of nitriles is 1. The molecule has 0 spiro atoms. The predicted molar refractivity (Wildman–Crippen MR) is 173 cm³/mol. The Morgan fingerprint density at radius 3 is 2.56 bits per heavy atom. The van der Waals surface area contributed by atoms with Gasteiger partial charge in [-0.3, -0.25) is 19.4 Å². The first-order valence-corrected chi connectivity index (χ1v) is 16.1. The van der Waals surface area contributed by atoms with Crippen molar-refractivity contribution in [2.24, 2.45) is 17.8 Å². The monoisotopic (exact) mass is 646 g/mol. The molecule has 3 N–H and O–H groups in total. The molecule has 11 heteroatoms. The molecule has 3 aromatic carbocycles. The number of ether oxygens (including phenoxy) is 1. The number of ketones is 2. The van der Waals surface area contributed by atoms with Gasteiger partial charge in [0, 0.05) is 36.5 Å². The molecule has 2 heterocycles. The summed E-state index contributed by atoms with van der Waals surface area (Å²) in [7, 11) is 3.56. The van der Waals surface area contributed by atoms with E-state index in [-0.39, 0.29) is 53.0 Å². The molecule has 2 fully saturated rings. The van der Waals surface area contributed by atoms with Crippen LogP contribution in [0, 0.1) is 29.1 Å². The van der Waals surface area contributed by atoms with Crippen molar-refractivity contribution >= 4 is 28.1 Å². The third kappa shape index (κ3) is 4.40. The summed E-state index contributed by atoms with van der Waals surface area (Å²) in [6.45, 7) is 2.09. The number of nitrogens with zero attached hydrogens (tertiary/aromatic N) is 4. The van der Waals surface area contributed by atoms with E-state index in [4.69, 9.17) is 14.5 Å². The van der Waals surface area contributed by atoms with E-state index in [1.807, 2.05) is 54.6 Å². The van der Waals surface area contributed by atoms with Crippen LogP contribution >= 0.6 is 0 Å². The van der Waals surface area contributed by atoms with Crippen molar-refractivity contribution in [3.63, 3.8) is 0 Å². The van der Waals surface area contributed by atoms with Gasteiger partial charge in [0.05, 0.1) is 23.6 Å². The van der Waals surface area contributed by atoms with Gasteiger partial charge in [-0.25, -0.2) is 0 Å². The number of hydrogen-bond donors (Lipinski definition) is 3. The van der Waals surface area contributed by atoms with Crippen LogP contribution in [0.4, 0.5) is 0 Å². The number of carbonyl (C=O) groups is 2. The van der Waals surface area contributed by atoms with Gasteiger partial charge >= 0.3 is 0 Å². The number of benzene rings is 3. The van der Waals surface area contributed by atoms with Gasteiger partial charge in [0.15, 0.2) is 11.4 Å². The van der Waals surface area contributed by atoms with E-state index in [1.165, 1.54) is 0 Å². The van der Waals surface area contributed by atoms with E-state index in [2.05, 4.69) is 16.1 Å². The Labute approximate surface area is 276 Å². The number of likely N-dealkylation sites (tertiary alicyclic amines) is 1. The minimum absolute atomic E-state index is 0.0265. The highest BCUT2D eigenvalue weighted by Gasteiger charge is 2.65. The van der Waals surface area contributed by atoms with Crippen LogP contribution in [-0.4, -0.2) is 74.6 Å². The molecule has 4 atom stereocenters. The van der Waals surface area contributed by atoms with Crippen molar-refractivity contribution in [2.75, 3.05) is 27.2 Å². The van der Waals surface area contributed by atoms with Crippen LogP contribution in [0.5, 0.6) is 11.6 Å². The topological polar surface area (TPSA) is 160 Å². The average molecular weight is 647 g/mol. The summed E-state index contributed by atoms with van der Waals surface area (Å²) in [6.07, 6.45) is 0.526. The maximum atomic E-state index is 14.5. The second-order valence-corrected chi connectivity index (χ2v) is 13.7. The first kappa shape index (κ1) is 30.3. The van der Waals surface area contributed by atoms with Crippen molar-refractivity contribution in [2.45, 2.75) is 37.6 Å². The third-order valence-electron chi connectivity index (χ3n) is 10.5. The van der Waals surface area contributed by atoms with Crippen molar-refractivity contribution in [3.05, 3.63) is 93.7 Å². The van der Waals surface area contributed by atoms with Gasteiger partial charge in [-0.1, -0.05) is 48.5 Å². The van der Waals surface area contributed by atoms with Gasteiger partial charge in [-0.15, -0.1) is 0 Å². The molecule has 8 rings (SSSR count). The number of aromatic nitrogens is 1. The van der Waals surface area contributed by atoms with E-state index in [1.54, 1.807) is 19.0 Å². The van der Waals surface area contributed by atoms with Crippen LogP contribution in [0.25, 0.3) is 16.5 Å². The number of aliphatic hydroxyl groups excluding tert-OH is 1. The number of carbonyl (C=O) groups excluding carboxylic acids is 2. The van der Waals surface area contributed by atoms with Crippen molar-refractivity contribution < 1.29 is 34.2 Å². The molecule has 1 aliphatic heterocycles. The smallest absolute Gasteiger partial charge is 0.265 e. The normalized spacial score (nSPS) is 25.3. The SMILES string of the molecule is CN(C)[C@@H]1c2onc(OCc3ccccc3)c2C(=O)[C@@]2(O)C(=O)C3=C(O)c4c(cc5ccc(CN6CC(C#N)C6)cc5c4O)C[C@H]3C[C@@H]12. The summed E-state index contributed by atoms with van der Waals surface area (Å²) in [5.41, 5.74) is -0.0778. The lowest BCUT2D eigenvalue weighted by Gasteiger charge is -2.49. The standard InChI is InChI=1S/C37H34N4O7/c1-40(2)30-26-13-24-12-23-11-22-9-8-20(15-41-16-21(14-38)17-41)10-25(22)31(42)27(23)32(43)28(24)34(44)37(26,46)35(45)29-33(30)48-39-36(29)47-18-19-6-4-3-5-7-19/h3-11,21,24,26,30,42-43,46H,12-13,15-18H2,1-2H3/t24-,26-,30-,37-/m0/s1. The van der Waals surface area contributed by atoms with Gasteiger partial charge in [-0.05, 0) is 66.2 Å². The van der Waals surface area contributed by atoms with Crippen molar-refractivity contribution in [3.8, 4) is 17.7 Å². The predicted octanol–water partition coefficient (Wildman–Crippen LogP) is 4.33. The number of phenols is 1. The van der Waals surface area contributed by atoms with Crippen LogP contribution in [-0.2, 0) is 24.4 Å². The molecular formula is C37H34N4O7. The lowest BCUT2D eigenvalue weighted by Crippen LogP contribution is -2.63. The van der Waals surface area contributed by atoms with E-state index in [9.17, 15) is 24.9 Å². The average Bonchev–Trinajstić information content (AvgIpc) is 3.47. The first-order valence-electron chi connectivity index (χ1n) is 16.1. The molecular weight excluding hydrogens is 612 g/mol. The maximum absolute atomic E-state index is 14.5. The summed E-state index contributed by atoms with van der Waals surface area (Å²) < 4.78 is 11.6. The number of rotatable bonds is 6. The Morgan fingerprint density at radius 1 is 1.06 bits per heavy atom. The fourth-order valence-electron chi connectivity index (χ4n) is 8.20. The molecule has 0 unspecified atom stereocenters. The number of aliphatic hydroxyl groups is 2. The Bertz CT molecular complexity index is 2070. The molecule has 1 saturated heterocycles. The number of hydrogen-bond acceptors (Lipinski definition) is 11. The zero-order valence-corrected chi connectivity index (χ0v) is 26.5. The summed E-state index contributed by atoms with van der Waals surface area (Å²) in [4.78, 5) is 32.7. The quantitative estimate of drug-likeness (QED) is 0.256. The van der Waals surface area contributed by atoms with Gasteiger partial charge in [0.1, 0.15) is 23.7 Å². The molecule has 244 valence electrons. The summed E-state index contributed by atoms with van der Waals surface area (Å²) >= 11 is 0. The van der Waals surface area contributed by atoms with Gasteiger partial charge in [0.2, 0.25) is 11.6 Å². The highest BCUT2D eigenvalue weighted by Crippen LogP contribution is 2.56. The van der Waals surface area contributed by atoms with E-state index in [0.29, 0.717) is 37.0 Å². The van der Waals surface area contributed by atoms with E-state index < -0.39 is 40.8 Å². The van der Waals surface area contributed by atoms with Crippen LogP contribution in [0.1, 0.15) is 50.8 Å². The number of phenolic OH excluding ortho intramolecular Hbond substituents is 1. The molecule has 11 nitrogen and oxygen atoms in total. The lowest BCUT2D eigenvalue weighted by atomic mass is 9.57. The van der Waals surface area contributed by atoms with E-state index >= 15 is 0 Å². The maximum Gasteiger partial charge on any atom is 0.265 e. The molecule has 4 aromatic rings. The third-order valence-corrected chi connectivity index (χ3v) is 10.5. The minimum Gasteiger partial charge on any atom is -0.507 e. The largest absolute Gasteiger partial charge is 0.507 e. The Hall–Kier alpha value is -5.02. The number of fused-ring (bicyclic) bond motifs is 5. The Morgan fingerprint density at radius 2 is 1.83 bits per heavy atom.